The van der Waals surface area contributed by atoms with E-state index >= 15 is 0 Å². The molecule has 0 fully saturated rings. The summed E-state index contributed by atoms with van der Waals surface area (Å²) in [5.41, 5.74) is 4.05. The van der Waals surface area contributed by atoms with Crippen LogP contribution in [-0.4, -0.2) is 6.21 Å². The number of anilines is 1. The van der Waals surface area contributed by atoms with E-state index < -0.39 is 0 Å². The van der Waals surface area contributed by atoms with Gasteiger partial charge in [0.2, 0.25) is 0 Å². The van der Waals surface area contributed by atoms with Gasteiger partial charge in [0.25, 0.3) is 0 Å². The molecule has 0 aliphatic carbocycles. The van der Waals surface area contributed by atoms with Gasteiger partial charge in [0.1, 0.15) is 0 Å². The molecule has 0 radical (unpaired) electrons. The zero-order valence-electron chi connectivity index (χ0n) is 8.07. The van der Waals surface area contributed by atoms with E-state index in [0.29, 0.717) is 0 Å². The van der Waals surface area contributed by atoms with E-state index in [2.05, 4.69) is 28.7 Å². The number of fused-ring (bicyclic) bond motifs is 1. The molecule has 0 saturated heterocycles. The van der Waals surface area contributed by atoms with Crippen molar-refractivity contribution < 1.29 is 0 Å². The molecule has 0 aromatic heterocycles. The first-order valence-electron chi connectivity index (χ1n) is 4.63. The Hall–Kier alpha value is -1.83. The molecule has 0 spiro atoms. The van der Waals surface area contributed by atoms with Gasteiger partial charge in [0.15, 0.2) is 0 Å². The average Bonchev–Trinajstić information content (AvgIpc) is 2.26. The highest BCUT2D eigenvalue weighted by molar-refractivity contribution is 5.93. The Labute approximate surface area is 83.3 Å². The van der Waals surface area contributed by atoms with Crippen molar-refractivity contribution in [2.45, 2.75) is 6.92 Å². The fourth-order valence-corrected chi connectivity index (χ4v) is 1.46. The zero-order chi connectivity index (χ0) is 9.80. The molecule has 0 unspecified atom stereocenters. The normalized spacial score (nSPS) is 10.9. The number of benzene rings is 2. The Bertz CT molecular complexity index is 455. The van der Waals surface area contributed by atoms with Crippen molar-refractivity contribution in [2.75, 3.05) is 5.43 Å². The number of nitrogens with zero attached hydrogens (tertiary/aromatic N) is 1. The molecule has 2 aromatic rings. The van der Waals surface area contributed by atoms with E-state index in [1.807, 2.05) is 31.2 Å². The summed E-state index contributed by atoms with van der Waals surface area (Å²) in [4.78, 5) is 0. The standard InChI is InChI=1S/C12H12N2/c1-2-13-14-12-9-5-7-10-6-3-4-8-11(10)12/h2-9,14H,1H3. The molecule has 0 saturated carbocycles. The fourth-order valence-electron chi connectivity index (χ4n) is 1.46. The van der Waals surface area contributed by atoms with Gasteiger partial charge in [-0.05, 0) is 18.4 Å². The summed E-state index contributed by atoms with van der Waals surface area (Å²) in [6.45, 7) is 1.89. The van der Waals surface area contributed by atoms with Gasteiger partial charge in [-0.2, -0.15) is 5.10 Å². The van der Waals surface area contributed by atoms with Crippen molar-refractivity contribution in [3.8, 4) is 0 Å². The van der Waals surface area contributed by atoms with Crippen LogP contribution in [0.15, 0.2) is 47.6 Å². The maximum Gasteiger partial charge on any atom is 0.0640 e. The van der Waals surface area contributed by atoms with Crippen LogP contribution in [0.25, 0.3) is 10.8 Å². The van der Waals surface area contributed by atoms with Crippen LogP contribution in [0.4, 0.5) is 5.69 Å². The molecule has 0 aliphatic heterocycles. The van der Waals surface area contributed by atoms with Gasteiger partial charge in [-0.3, -0.25) is 5.43 Å². The number of nitrogens with one attached hydrogen (secondary N) is 1. The number of hydrazone groups is 1. The molecule has 1 N–H and O–H groups in total. The zero-order valence-corrected chi connectivity index (χ0v) is 8.07. The van der Waals surface area contributed by atoms with E-state index in [9.17, 15) is 0 Å². The molecule has 0 bridgehead atoms. The third-order valence-electron chi connectivity index (χ3n) is 2.10. The van der Waals surface area contributed by atoms with E-state index in [1.165, 1.54) is 10.8 Å². The first-order valence-corrected chi connectivity index (χ1v) is 4.63. The van der Waals surface area contributed by atoms with Gasteiger partial charge in [-0.25, -0.2) is 0 Å². The second-order valence-electron chi connectivity index (χ2n) is 3.03. The predicted octanol–water partition coefficient (Wildman–Crippen LogP) is 3.26. The summed E-state index contributed by atoms with van der Waals surface area (Å²) in [6.07, 6.45) is 1.74. The predicted molar refractivity (Wildman–Crippen MR) is 61.7 cm³/mol. The minimum absolute atomic E-state index is 1.04. The van der Waals surface area contributed by atoms with Gasteiger partial charge < -0.3 is 0 Å². The lowest BCUT2D eigenvalue weighted by molar-refractivity contribution is 1.36. The number of hydrogen-bond donors (Lipinski definition) is 1. The monoisotopic (exact) mass is 184 g/mol. The minimum Gasteiger partial charge on any atom is -0.278 e. The topological polar surface area (TPSA) is 24.4 Å². The molecule has 2 nitrogen and oxygen atoms in total. The maximum absolute atomic E-state index is 4.02. The molecular weight excluding hydrogens is 172 g/mol. The highest BCUT2D eigenvalue weighted by Gasteiger charge is 1.96. The average molecular weight is 184 g/mol. The van der Waals surface area contributed by atoms with Crippen molar-refractivity contribution in [2.24, 2.45) is 5.10 Å². The smallest absolute Gasteiger partial charge is 0.0640 e. The number of hydrogen-bond acceptors (Lipinski definition) is 2. The Morgan fingerprint density at radius 2 is 1.86 bits per heavy atom. The molecule has 2 rings (SSSR count). The van der Waals surface area contributed by atoms with Crippen molar-refractivity contribution in [1.29, 1.82) is 0 Å². The fraction of sp³-hybridized carbons (Fsp3) is 0.0833. The molecule has 0 atom stereocenters. The SMILES string of the molecule is CC=NNc1cccc2ccccc12. The van der Waals surface area contributed by atoms with Gasteiger partial charge in [0, 0.05) is 11.6 Å². The van der Waals surface area contributed by atoms with Crippen LogP contribution in [0.3, 0.4) is 0 Å². The van der Waals surface area contributed by atoms with Crippen LogP contribution in [0.1, 0.15) is 6.92 Å². The van der Waals surface area contributed by atoms with Crippen LogP contribution >= 0.6 is 0 Å². The van der Waals surface area contributed by atoms with E-state index in [-0.39, 0.29) is 0 Å². The summed E-state index contributed by atoms with van der Waals surface area (Å²) >= 11 is 0. The highest BCUT2D eigenvalue weighted by Crippen LogP contribution is 2.22. The third-order valence-corrected chi connectivity index (χ3v) is 2.10. The second kappa shape index (κ2) is 3.92. The van der Waals surface area contributed by atoms with Crippen molar-refractivity contribution >= 4 is 22.7 Å². The Morgan fingerprint density at radius 3 is 2.71 bits per heavy atom. The summed E-state index contributed by atoms with van der Waals surface area (Å²) < 4.78 is 0. The lowest BCUT2D eigenvalue weighted by Gasteiger charge is -2.04. The van der Waals surface area contributed by atoms with Crippen LogP contribution in [0.5, 0.6) is 0 Å². The summed E-state index contributed by atoms with van der Waals surface area (Å²) in [5.74, 6) is 0. The summed E-state index contributed by atoms with van der Waals surface area (Å²) in [7, 11) is 0. The molecule has 14 heavy (non-hydrogen) atoms. The second-order valence-corrected chi connectivity index (χ2v) is 3.03. The lowest BCUT2D eigenvalue weighted by atomic mass is 10.1. The Balaban J connectivity index is 2.53. The number of rotatable bonds is 2. The van der Waals surface area contributed by atoms with E-state index in [0.717, 1.165) is 5.69 Å². The minimum atomic E-state index is 1.04. The molecule has 2 aromatic carbocycles. The van der Waals surface area contributed by atoms with Gasteiger partial charge in [-0.1, -0.05) is 36.4 Å². The molecule has 70 valence electrons. The van der Waals surface area contributed by atoms with Crippen molar-refractivity contribution in [3.63, 3.8) is 0 Å². The summed E-state index contributed by atoms with van der Waals surface area (Å²) in [5, 5.41) is 6.44. The Morgan fingerprint density at radius 1 is 1.07 bits per heavy atom. The van der Waals surface area contributed by atoms with Crippen LogP contribution in [0, 0.1) is 0 Å². The van der Waals surface area contributed by atoms with Gasteiger partial charge in [0.05, 0.1) is 5.69 Å². The first kappa shape index (κ1) is 8.75. The molecule has 0 heterocycles. The molecule has 0 amide bonds. The first-order chi connectivity index (χ1) is 6.92. The van der Waals surface area contributed by atoms with E-state index in [4.69, 9.17) is 0 Å². The molecule has 0 aliphatic rings. The maximum atomic E-state index is 4.02. The largest absolute Gasteiger partial charge is 0.278 e. The van der Waals surface area contributed by atoms with Gasteiger partial charge in [-0.15, -0.1) is 0 Å². The highest BCUT2D eigenvalue weighted by atomic mass is 15.3. The van der Waals surface area contributed by atoms with Crippen molar-refractivity contribution in [1.82, 2.24) is 0 Å². The Kier molecular flexibility index (Phi) is 2.45. The van der Waals surface area contributed by atoms with Crippen LogP contribution < -0.4 is 5.43 Å². The van der Waals surface area contributed by atoms with Gasteiger partial charge >= 0.3 is 0 Å². The summed E-state index contributed by atoms with van der Waals surface area (Å²) in [6, 6.07) is 14.4. The van der Waals surface area contributed by atoms with Crippen molar-refractivity contribution in [3.05, 3.63) is 42.5 Å². The molecule has 2 heteroatoms. The van der Waals surface area contributed by atoms with Crippen LogP contribution in [-0.2, 0) is 0 Å². The van der Waals surface area contributed by atoms with E-state index in [1.54, 1.807) is 6.21 Å². The quantitative estimate of drug-likeness (QED) is 0.562. The van der Waals surface area contributed by atoms with Crippen LogP contribution in [0.2, 0.25) is 0 Å². The third kappa shape index (κ3) is 1.59. The lowest BCUT2D eigenvalue weighted by Crippen LogP contribution is -1.88. The molecular formula is C12H12N2.